The minimum atomic E-state index is -0.324. The van der Waals surface area contributed by atoms with E-state index < -0.39 is 0 Å². The molecule has 0 spiro atoms. The molecule has 1 amide bonds. The topological polar surface area (TPSA) is 50.4 Å². The molecule has 1 heterocycles. The minimum absolute atomic E-state index is 0.0515. The zero-order chi connectivity index (χ0) is 12.7. The van der Waals surface area contributed by atoms with Gasteiger partial charge in [-0.05, 0) is 32.4 Å². The molecular formula is C13H15ClN2O2. The van der Waals surface area contributed by atoms with Crippen molar-refractivity contribution in [3.63, 3.8) is 0 Å². The molecule has 1 saturated carbocycles. The number of fused-ring (bicyclic) bond motifs is 1. The van der Waals surface area contributed by atoms with Crippen molar-refractivity contribution in [3.05, 3.63) is 22.7 Å². The molecule has 0 saturated heterocycles. The molecular weight excluding hydrogens is 252 g/mol. The Morgan fingerprint density at radius 3 is 2.83 bits per heavy atom. The van der Waals surface area contributed by atoms with Crippen LogP contribution in [0.2, 0.25) is 5.02 Å². The van der Waals surface area contributed by atoms with Crippen LogP contribution < -0.4 is 15.4 Å². The van der Waals surface area contributed by atoms with E-state index in [2.05, 4.69) is 10.6 Å². The van der Waals surface area contributed by atoms with Crippen LogP contribution in [0.15, 0.2) is 12.1 Å². The Morgan fingerprint density at radius 2 is 2.22 bits per heavy atom. The molecule has 1 unspecified atom stereocenters. The Kier molecular flexibility index (Phi) is 2.92. The summed E-state index contributed by atoms with van der Waals surface area (Å²) in [7, 11) is 1.76. The molecule has 1 aliphatic carbocycles. The van der Waals surface area contributed by atoms with Gasteiger partial charge in [0.1, 0.15) is 11.8 Å². The summed E-state index contributed by atoms with van der Waals surface area (Å²) >= 11 is 6.21. The number of halogens is 1. The SMILES string of the molecule is CNC1C(=O)Nc2cc(OC3CCC3)c(Cl)cc21. The molecule has 2 N–H and O–H groups in total. The average Bonchev–Trinajstić information content (AvgIpc) is 2.58. The third kappa shape index (κ3) is 1.85. The maximum atomic E-state index is 11.7. The van der Waals surface area contributed by atoms with Crippen LogP contribution in [0.3, 0.4) is 0 Å². The maximum absolute atomic E-state index is 11.7. The Morgan fingerprint density at radius 1 is 1.44 bits per heavy atom. The van der Waals surface area contributed by atoms with Gasteiger partial charge in [0.15, 0.2) is 0 Å². The first-order valence-electron chi connectivity index (χ1n) is 6.17. The number of ether oxygens (including phenoxy) is 1. The first-order valence-corrected chi connectivity index (χ1v) is 6.55. The smallest absolute Gasteiger partial charge is 0.246 e. The standard InChI is InChI=1S/C13H15ClN2O2/c1-15-12-8-5-9(14)11(18-7-3-2-4-7)6-10(8)16-13(12)17/h5-7,12,15H,2-4H2,1H3,(H,16,17). The third-order valence-corrected chi connectivity index (χ3v) is 3.86. The molecule has 1 aliphatic heterocycles. The lowest BCUT2D eigenvalue weighted by atomic mass is 9.96. The molecule has 3 rings (SSSR count). The van der Waals surface area contributed by atoms with Crippen molar-refractivity contribution in [3.8, 4) is 5.75 Å². The van der Waals surface area contributed by atoms with Gasteiger partial charge in [-0.25, -0.2) is 0 Å². The monoisotopic (exact) mass is 266 g/mol. The minimum Gasteiger partial charge on any atom is -0.489 e. The van der Waals surface area contributed by atoms with Gasteiger partial charge in [-0.1, -0.05) is 11.6 Å². The molecule has 4 nitrogen and oxygen atoms in total. The number of benzene rings is 1. The zero-order valence-corrected chi connectivity index (χ0v) is 10.9. The third-order valence-electron chi connectivity index (χ3n) is 3.57. The summed E-state index contributed by atoms with van der Waals surface area (Å²) in [6.45, 7) is 0. The van der Waals surface area contributed by atoms with E-state index in [1.54, 1.807) is 7.05 Å². The Balaban J connectivity index is 1.91. The molecule has 0 aromatic heterocycles. The van der Waals surface area contributed by atoms with Gasteiger partial charge in [-0.2, -0.15) is 0 Å². The van der Waals surface area contributed by atoms with Crippen molar-refractivity contribution >= 4 is 23.2 Å². The number of anilines is 1. The van der Waals surface area contributed by atoms with Crippen LogP contribution in [-0.2, 0) is 4.79 Å². The van der Waals surface area contributed by atoms with Gasteiger partial charge >= 0.3 is 0 Å². The molecule has 0 radical (unpaired) electrons. The van der Waals surface area contributed by atoms with Crippen molar-refractivity contribution in [2.75, 3.05) is 12.4 Å². The first kappa shape index (κ1) is 11.8. The number of amides is 1. The number of likely N-dealkylation sites (N-methyl/N-ethyl adjacent to an activating group) is 1. The van der Waals surface area contributed by atoms with Gasteiger partial charge in [0.2, 0.25) is 5.91 Å². The highest BCUT2D eigenvalue weighted by Crippen LogP contribution is 2.39. The lowest BCUT2D eigenvalue weighted by Gasteiger charge is -2.27. The van der Waals surface area contributed by atoms with Crippen molar-refractivity contribution in [2.45, 2.75) is 31.4 Å². The number of nitrogens with one attached hydrogen (secondary N) is 2. The van der Waals surface area contributed by atoms with Gasteiger partial charge in [0, 0.05) is 17.3 Å². The summed E-state index contributed by atoms with van der Waals surface area (Å²) in [4.78, 5) is 11.7. The lowest BCUT2D eigenvalue weighted by molar-refractivity contribution is -0.117. The van der Waals surface area contributed by atoms with E-state index in [0.29, 0.717) is 10.8 Å². The second-order valence-electron chi connectivity index (χ2n) is 4.75. The first-order chi connectivity index (χ1) is 8.69. The van der Waals surface area contributed by atoms with Gasteiger partial charge in [0.05, 0.1) is 11.1 Å². The Bertz CT molecular complexity index is 500. The van der Waals surface area contributed by atoms with E-state index in [1.807, 2.05) is 12.1 Å². The highest BCUT2D eigenvalue weighted by Gasteiger charge is 2.31. The van der Waals surface area contributed by atoms with E-state index >= 15 is 0 Å². The summed E-state index contributed by atoms with van der Waals surface area (Å²) in [5, 5.41) is 6.37. The Hall–Kier alpha value is -1.26. The highest BCUT2D eigenvalue weighted by molar-refractivity contribution is 6.32. The van der Waals surface area contributed by atoms with Crippen molar-refractivity contribution in [1.29, 1.82) is 0 Å². The second kappa shape index (κ2) is 4.44. The fraction of sp³-hybridized carbons (Fsp3) is 0.462. The summed E-state index contributed by atoms with van der Waals surface area (Å²) in [6, 6.07) is 3.31. The van der Waals surface area contributed by atoms with Crippen LogP contribution in [0.5, 0.6) is 5.75 Å². The van der Waals surface area contributed by atoms with Crippen LogP contribution in [-0.4, -0.2) is 19.1 Å². The predicted octanol–water partition coefficient (Wildman–Crippen LogP) is 2.48. The molecule has 18 heavy (non-hydrogen) atoms. The van der Waals surface area contributed by atoms with Gasteiger partial charge in [-0.15, -0.1) is 0 Å². The molecule has 1 aromatic rings. The summed E-state index contributed by atoms with van der Waals surface area (Å²) in [6.07, 6.45) is 3.65. The van der Waals surface area contributed by atoms with E-state index in [-0.39, 0.29) is 18.1 Å². The molecule has 1 fully saturated rings. The van der Waals surface area contributed by atoms with Gasteiger partial charge < -0.3 is 15.4 Å². The van der Waals surface area contributed by atoms with Crippen molar-refractivity contribution in [1.82, 2.24) is 5.32 Å². The van der Waals surface area contributed by atoms with Crippen LogP contribution in [0.1, 0.15) is 30.9 Å². The van der Waals surface area contributed by atoms with Gasteiger partial charge in [-0.3, -0.25) is 4.79 Å². The van der Waals surface area contributed by atoms with Crippen LogP contribution in [0, 0.1) is 0 Å². The van der Waals surface area contributed by atoms with E-state index in [4.69, 9.17) is 16.3 Å². The highest BCUT2D eigenvalue weighted by atomic mass is 35.5. The summed E-state index contributed by atoms with van der Waals surface area (Å²) < 4.78 is 5.81. The number of rotatable bonds is 3. The zero-order valence-electron chi connectivity index (χ0n) is 10.1. The van der Waals surface area contributed by atoms with Crippen LogP contribution in [0.25, 0.3) is 0 Å². The molecule has 1 atom stereocenters. The van der Waals surface area contributed by atoms with Crippen LogP contribution >= 0.6 is 11.6 Å². The average molecular weight is 267 g/mol. The van der Waals surface area contributed by atoms with Crippen molar-refractivity contribution in [2.24, 2.45) is 0 Å². The fourth-order valence-corrected chi connectivity index (χ4v) is 2.52. The normalized spacial score (nSPS) is 22.3. The molecule has 0 bridgehead atoms. The summed E-state index contributed by atoms with van der Waals surface area (Å²) in [5.41, 5.74) is 1.67. The maximum Gasteiger partial charge on any atom is 0.246 e. The predicted molar refractivity (Wildman–Crippen MR) is 70.1 cm³/mol. The van der Waals surface area contributed by atoms with E-state index in [9.17, 15) is 4.79 Å². The number of hydrogen-bond donors (Lipinski definition) is 2. The molecule has 2 aliphatic rings. The molecule has 96 valence electrons. The van der Waals surface area contributed by atoms with Crippen LogP contribution in [0.4, 0.5) is 5.69 Å². The van der Waals surface area contributed by atoms with Crippen molar-refractivity contribution < 1.29 is 9.53 Å². The molecule has 5 heteroatoms. The fourth-order valence-electron chi connectivity index (χ4n) is 2.31. The largest absolute Gasteiger partial charge is 0.489 e. The number of carbonyl (C=O) groups is 1. The quantitative estimate of drug-likeness (QED) is 0.884. The Labute approximate surface area is 111 Å². The van der Waals surface area contributed by atoms with Gasteiger partial charge in [0.25, 0.3) is 0 Å². The molecule has 1 aromatic carbocycles. The summed E-state index contributed by atoms with van der Waals surface area (Å²) in [5.74, 6) is 0.613. The number of carbonyl (C=O) groups excluding carboxylic acids is 1. The van der Waals surface area contributed by atoms with E-state index in [0.717, 1.165) is 24.1 Å². The second-order valence-corrected chi connectivity index (χ2v) is 5.16. The lowest BCUT2D eigenvalue weighted by Crippen LogP contribution is -2.24. The van der Waals surface area contributed by atoms with E-state index in [1.165, 1.54) is 6.42 Å². The number of hydrogen-bond acceptors (Lipinski definition) is 3.